The Morgan fingerprint density at radius 3 is 2.69 bits per heavy atom. The molecule has 2 bridgehead atoms. The van der Waals surface area contributed by atoms with Crippen molar-refractivity contribution in [1.82, 2.24) is 14.7 Å². The SMILES string of the molecule is COCC[C@@H]1C[C@H]2CC[C@@H](C1)N2C[C@@H](C)Cn1ncc2ccc(C)cc21. The van der Waals surface area contributed by atoms with Gasteiger partial charge in [0.25, 0.3) is 0 Å². The molecule has 4 rings (SSSR count). The molecule has 2 fully saturated rings. The lowest BCUT2D eigenvalue weighted by atomic mass is 9.88. The van der Waals surface area contributed by atoms with Crippen molar-refractivity contribution in [1.29, 1.82) is 0 Å². The molecule has 2 aromatic rings. The summed E-state index contributed by atoms with van der Waals surface area (Å²) in [7, 11) is 1.83. The molecule has 4 heteroatoms. The third kappa shape index (κ3) is 3.67. The molecule has 0 saturated carbocycles. The van der Waals surface area contributed by atoms with Crippen LogP contribution in [0.5, 0.6) is 0 Å². The van der Waals surface area contributed by atoms with Gasteiger partial charge in [0.05, 0.1) is 11.7 Å². The Kier molecular flexibility index (Phi) is 5.32. The van der Waals surface area contributed by atoms with Crippen LogP contribution in [0.4, 0.5) is 0 Å². The van der Waals surface area contributed by atoms with Gasteiger partial charge < -0.3 is 4.74 Å². The maximum absolute atomic E-state index is 5.31. The zero-order valence-electron chi connectivity index (χ0n) is 16.5. The molecular weight excluding hydrogens is 322 g/mol. The van der Waals surface area contributed by atoms with E-state index in [1.807, 2.05) is 13.3 Å². The van der Waals surface area contributed by atoms with Crippen LogP contribution in [0.15, 0.2) is 24.4 Å². The first-order valence-electron chi connectivity index (χ1n) is 10.3. The van der Waals surface area contributed by atoms with Crippen LogP contribution in [0.3, 0.4) is 0 Å². The summed E-state index contributed by atoms with van der Waals surface area (Å²) in [5.41, 5.74) is 2.58. The van der Waals surface area contributed by atoms with Gasteiger partial charge in [-0.3, -0.25) is 9.58 Å². The minimum absolute atomic E-state index is 0.622. The van der Waals surface area contributed by atoms with Crippen LogP contribution in [0, 0.1) is 18.8 Å². The van der Waals surface area contributed by atoms with Crippen LogP contribution >= 0.6 is 0 Å². The molecule has 0 aliphatic carbocycles. The van der Waals surface area contributed by atoms with Crippen molar-refractivity contribution >= 4 is 10.9 Å². The molecule has 2 saturated heterocycles. The number of nitrogens with zero attached hydrogens (tertiary/aromatic N) is 3. The van der Waals surface area contributed by atoms with Gasteiger partial charge in [-0.2, -0.15) is 5.10 Å². The van der Waals surface area contributed by atoms with Gasteiger partial charge >= 0.3 is 0 Å². The van der Waals surface area contributed by atoms with Gasteiger partial charge in [0, 0.05) is 44.3 Å². The maximum Gasteiger partial charge on any atom is 0.0685 e. The van der Waals surface area contributed by atoms with Crippen LogP contribution in [0.1, 0.15) is 44.6 Å². The summed E-state index contributed by atoms with van der Waals surface area (Å²) in [4.78, 5) is 2.82. The van der Waals surface area contributed by atoms with E-state index in [1.54, 1.807) is 0 Å². The summed E-state index contributed by atoms with van der Waals surface area (Å²) in [6.07, 6.45) is 8.78. The lowest BCUT2D eigenvalue weighted by Crippen LogP contribution is -2.45. The van der Waals surface area contributed by atoms with Gasteiger partial charge in [-0.25, -0.2) is 0 Å². The van der Waals surface area contributed by atoms with Crippen LogP contribution in [0.25, 0.3) is 10.9 Å². The van der Waals surface area contributed by atoms with E-state index < -0.39 is 0 Å². The first-order valence-corrected chi connectivity index (χ1v) is 10.3. The van der Waals surface area contributed by atoms with E-state index >= 15 is 0 Å². The molecule has 1 aromatic carbocycles. The van der Waals surface area contributed by atoms with Gasteiger partial charge in [0.1, 0.15) is 0 Å². The van der Waals surface area contributed by atoms with Crippen LogP contribution in [-0.2, 0) is 11.3 Å². The molecule has 0 spiro atoms. The third-order valence-corrected chi connectivity index (χ3v) is 6.52. The number of fused-ring (bicyclic) bond motifs is 3. The highest BCUT2D eigenvalue weighted by Crippen LogP contribution is 2.40. The molecule has 0 unspecified atom stereocenters. The third-order valence-electron chi connectivity index (χ3n) is 6.52. The fraction of sp³-hybridized carbons (Fsp3) is 0.682. The normalized spacial score (nSPS) is 27.3. The summed E-state index contributed by atoms with van der Waals surface area (Å²) >= 11 is 0. The Morgan fingerprint density at radius 2 is 1.96 bits per heavy atom. The second-order valence-electron chi connectivity index (χ2n) is 8.69. The van der Waals surface area contributed by atoms with E-state index in [-0.39, 0.29) is 0 Å². The summed E-state index contributed by atoms with van der Waals surface area (Å²) in [5.74, 6) is 1.49. The van der Waals surface area contributed by atoms with Crippen molar-refractivity contribution < 1.29 is 4.74 Å². The molecule has 142 valence electrons. The molecule has 2 aliphatic rings. The molecular formula is C22H33N3O. The van der Waals surface area contributed by atoms with E-state index in [1.165, 1.54) is 55.1 Å². The number of ether oxygens (including phenoxy) is 1. The zero-order valence-corrected chi connectivity index (χ0v) is 16.5. The Bertz CT molecular complexity index is 726. The van der Waals surface area contributed by atoms with E-state index in [4.69, 9.17) is 4.74 Å². The smallest absolute Gasteiger partial charge is 0.0685 e. The largest absolute Gasteiger partial charge is 0.385 e. The number of benzene rings is 1. The van der Waals surface area contributed by atoms with Crippen molar-refractivity contribution in [2.75, 3.05) is 20.3 Å². The first kappa shape index (κ1) is 18.0. The van der Waals surface area contributed by atoms with E-state index in [2.05, 4.69) is 46.7 Å². The Morgan fingerprint density at radius 1 is 1.19 bits per heavy atom. The molecule has 0 radical (unpaired) electrons. The number of hydrogen-bond donors (Lipinski definition) is 0. The standard InChI is InChI=1S/C22H33N3O/c1-16-4-5-19-13-23-25(22(19)10-16)15-17(2)14-24-20-6-7-21(24)12-18(11-20)8-9-26-3/h4-5,10,13,17-18,20-21H,6-9,11-12,14-15H2,1-3H3/t17-,18-,20-,21+/m1/s1. The second-order valence-corrected chi connectivity index (χ2v) is 8.69. The Labute approximate surface area is 157 Å². The van der Waals surface area contributed by atoms with E-state index in [0.29, 0.717) is 5.92 Å². The molecule has 0 N–H and O–H groups in total. The van der Waals surface area contributed by atoms with E-state index in [0.717, 1.165) is 31.2 Å². The number of aryl methyl sites for hydroxylation is 1. The van der Waals surface area contributed by atoms with Gasteiger partial charge in [0.15, 0.2) is 0 Å². The maximum atomic E-state index is 5.31. The van der Waals surface area contributed by atoms with E-state index in [9.17, 15) is 0 Å². The summed E-state index contributed by atoms with van der Waals surface area (Å²) < 4.78 is 7.51. The molecule has 1 aromatic heterocycles. The molecule has 26 heavy (non-hydrogen) atoms. The summed E-state index contributed by atoms with van der Waals surface area (Å²) in [6.45, 7) is 7.69. The minimum atomic E-state index is 0.622. The monoisotopic (exact) mass is 355 g/mol. The van der Waals surface area contributed by atoms with Crippen molar-refractivity contribution in [2.45, 2.75) is 64.6 Å². The average molecular weight is 356 g/mol. The highest BCUT2D eigenvalue weighted by atomic mass is 16.5. The predicted octanol–water partition coefficient (Wildman–Crippen LogP) is 4.26. The van der Waals surface area contributed by atoms with Gasteiger partial charge in [0.2, 0.25) is 0 Å². The topological polar surface area (TPSA) is 30.3 Å². The van der Waals surface area contributed by atoms with Crippen LogP contribution in [-0.4, -0.2) is 47.0 Å². The summed E-state index contributed by atoms with van der Waals surface area (Å²) in [5, 5.41) is 5.90. The minimum Gasteiger partial charge on any atom is -0.385 e. The molecule has 2 aliphatic heterocycles. The lowest BCUT2D eigenvalue weighted by molar-refractivity contribution is 0.0700. The predicted molar refractivity (Wildman–Crippen MR) is 106 cm³/mol. The van der Waals surface area contributed by atoms with Crippen LogP contribution in [0.2, 0.25) is 0 Å². The van der Waals surface area contributed by atoms with Gasteiger partial charge in [-0.15, -0.1) is 0 Å². The van der Waals surface area contributed by atoms with Gasteiger partial charge in [-0.1, -0.05) is 19.1 Å². The molecule has 0 amide bonds. The number of piperidine rings is 1. The zero-order chi connectivity index (χ0) is 18.1. The quantitative estimate of drug-likeness (QED) is 0.743. The van der Waals surface area contributed by atoms with Crippen molar-refractivity contribution in [3.63, 3.8) is 0 Å². The van der Waals surface area contributed by atoms with Crippen molar-refractivity contribution in [3.8, 4) is 0 Å². The number of hydrogen-bond acceptors (Lipinski definition) is 3. The fourth-order valence-corrected chi connectivity index (χ4v) is 5.24. The number of aromatic nitrogens is 2. The molecule has 3 heterocycles. The fourth-order valence-electron chi connectivity index (χ4n) is 5.24. The highest BCUT2D eigenvalue weighted by molar-refractivity contribution is 5.79. The Hall–Kier alpha value is -1.39. The van der Waals surface area contributed by atoms with Gasteiger partial charge in [-0.05, 0) is 62.5 Å². The molecule has 4 nitrogen and oxygen atoms in total. The summed E-state index contributed by atoms with van der Waals surface area (Å²) in [6, 6.07) is 8.22. The lowest BCUT2D eigenvalue weighted by Gasteiger charge is -2.40. The van der Waals surface area contributed by atoms with Crippen molar-refractivity contribution in [3.05, 3.63) is 30.0 Å². The average Bonchev–Trinajstić information content (AvgIpc) is 3.10. The second kappa shape index (κ2) is 7.69. The first-order chi connectivity index (χ1) is 12.6. The van der Waals surface area contributed by atoms with Crippen molar-refractivity contribution in [2.24, 2.45) is 11.8 Å². The number of rotatable bonds is 7. The Balaban J connectivity index is 1.38. The van der Waals surface area contributed by atoms with Crippen LogP contribution < -0.4 is 0 Å². The highest BCUT2D eigenvalue weighted by Gasteiger charge is 2.40. The molecule has 4 atom stereocenters. The number of methoxy groups -OCH3 is 1.